The molecule has 0 saturated carbocycles. The molecule has 0 unspecified atom stereocenters. The van der Waals surface area contributed by atoms with Crippen LogP contribution < -0.4 is 0 Å². The van der Waals surface area contributed by atoms with Gasteiger partial charge in [-0.1, -0.05) is 0 Å². The van der Waals surface area contributed by atoms with Gasteiger partial charge in [0.2, 0.25) is 0 Å². The Morgan fingerprint density at radius 2 is 2.05 bits per heavy atom. The lowest BCUT2D eigenvalue weighted by Gasteiger charge is -2.30. The number of nitriles is 1. The highest BCUT2D eigenvalue weighted by Gasteiger charge is 2.28. The van der Waals surface area contributed by atoms with Crippen molar-refractivity contribution in [3.63, 3.8) is 0 Å². The highest BCUT2D eigenvalue weighted by molar-refractivity contribution is 5.97. The fourth-order valence-electron chi connectivity index (χ4n) is 2.26. The molecule has 1 rings (SSSR count). The van der Waals surface area contributed by atoms with Gasteiger partial charge in [0.1, 0.15) is 11.6 Å². The van der Waals surface area contributed by atoms with Crippen molar-refractivity contribution < 1.29 is 19.8 Å². The smallest absolute Gasteiger partial charge is 0.306 e. The van der Waals surface area contributed by atoms with Gasteiger partial charge >= 0.3 is 5.97 Å². The van der Waals surface area contributed by atoms with Gasteiger partial charge in [-0.2, -0.15) is 5.26 Å². The van der Waals surface area contributed by atoms with E-state index < -0.39 is 11.9 Å². The lowest BCUT2D eigenvalue weighted by atomic mass is 9.97. The van der Waals surface area contributed by atoms with Crippen molar-refractivity contribution in [3.05, 3.63) is 11.8 Å². The number of aliphatic carboxylic acids is 1. The van der Waals surface area contributed by atoms with Crippen LogP contribution in [0.5, 0.6) is 0 Å². The van der Waals surface area contributed by atoms with E-state index >= 15 is 0 Å². The molecule has 1 fully saturated rings. The predicted octanol–water partition coefficient (Wildman–Crippen LogP) is 0.0313. The van der Waals surface area contributed by atoms with E-state index in [4.69, 9.17) is 15.5 Å². The molecule has 1 amide bonds. The van der Waals surface area contributed by atoms with E-state index in [1.807, 2.05) is 13.0 Å². The van der Waals surface area contributed by atoms with Crippen molar-refractivity contribution >= 4 is 11.9 Å². The molecule has 0 aromatic rings. The highest BCUT2D eigenvalue weighted by atomic mass is 16.4. The van der Waals surface area contributed by atoms with Gasteiger partial charge in [-0.3, -0.25) is 9.59 Å². The number of amides is 1. The van der Waals surface area contributed by atoms with Crippen LogP contribution in [0.15, 0.2) is 11.8 Å². The molecule has 2 N–H and O–H groups in total. The Morgan fingerprint density at radius 3 is 2.48 bits per heavy atom. The summed E-state index contributed by atoms with van der Waals surface area (Å²) in [4.78, 5) is 26.3. The van der Waals surface area contributed by atoms with E-state index in [0.29, 0.717) is 39.0 Å². The molecule has 0 aliphatic carbocycles. The lowest BCUT2D eigenvalue weighted by Crippen LogP contribution is -2.41. The summed E-state index contributed by atoms with van der Waals surface area (Å²) in [7, 11) is 0. The van der Waals surface area contributed by atoms with Gasteiger partial charge in [-0.25, -0.2) is 0 Å². The zero-order chi connectivity index (χ0) is 15.8. The number of likely N-dealkylation sites (tertiary alicyclic amines) is 1. The minimum absolute atomic E-state index is 0.0130. The molecule has 1 saturated heterocycles. The molecule has 1 heterocycles. The van der Waals surface area contributed by atoms with Crippen LogP contribution in [-0.2, 0) is 9.59 Å². The van der Waals surface area contributed by atoms with E-state index in [-0.39, 0.29) is 18.1 Å². The second-order valence-electron chi connectivity index (χ2n) is 4.91. The third-order valence-electron chi connectivity index (χ3n) is 3.59. The van der Waals surface area contributed by atoms with Gasteiger partial charge < -0.3 is 20.0 Å². The molecule has 0 spiro atoms. The van der Waals surface area contributed by atoms with Crippen molar-refractivity contribution in [3.8, 4) is 6.07 Å². The number of piperidine rings is 1. The summed E-state index contributed by atoms with van der Waals surface area (Å²) in [5, 5.41) is 27.0. The van der Waals surface area contributed by atoms with Gasteiger partial charge in [-0.05, 0) is 19.8 Å². The molecular formula is C14H21N3O4. The SMILES string of the molecule is CCN(/C=C(/C#N)C(=O)N1CCC(C(=O)O)CC1)CCO. The Balaban J connectivity index is 2.70. The van der Waals surface area contributed by atoms with E-state index in [9.17, 15) is 9.59 Å². The van der Waals surface area contributed by atoms with Crippen LogP contribution in [0.1, 0.15) is 19.8 Å². The van der Waals surface area contributed by atoms with Crippen LogP contribution >= 0.6 is 0 Å². The standard InChI is InChI=1S/C14H21N3O4/c1-2-16(7-8-18)10-12(9-15)13(19)17-5-3-11(4-6-17)14(20)21/h10-11,18H,2-8H2,1H3,(H,20,21)/b12-10-. The summed E-state index contributed by atoms with van der Waals surface area (Å²) in [6, 6.07) is 1.89. The van der Waals surface area contributed by atoms with Crippen molar-refractivity contribution in [1.29, 1.82) is 5.26 Å². The van der Waals surface area contributed by atoms with Crippen molar-refractivity contribution in [2.24, 2.45) is 5.92 Å². The van der Waals surface area contributed by atoms with Crippen molar-refractivity contribution in [2.45, 2.75) is 19.8 Å². The Kier molecular flexibility index (Phi) is 6.69. The summed E-state index contributed by atoms with van der Waals surface area (Å²) in [5.74, 6) is -1.62. The van der Waals surface area contributed by atoms with Gasteiger partial charge in [0, 0.05) is 32.4 Å². The van der Waals surface area contributed by atoms with Crippen LogP contribution in [0, 0.1) is 17.2 Å². The molecular weight excluding hydrogens is 274 g/mol. The number of carbonyl (C=O) groups excluding carboxylic acids is 1. The summed E-state index contributed by atoms with van der Waals surface area (Å²) < 4.78 is 0. The Morgan fingerprint density at radius 1 is 1.43 bits per heavy atom. The topological polar surface area (TPSA) is 105 Å². The number of rotatable bonds is 6. The number of carboxylic acids is 1. The van der Waals surface area contributed by atoms with Crippen LogP contribution in [0.3, 0.4) is 0 Å². The second-order valence-corrected chi connectivity index (χ2v) is 4.91. The summed E-state index contributed by atoms with van der Waals surface area (Å²) in [6.45, 7) is 3.45. The molecule has 0 aromatic carbocycles. The first-order chi connectivity index (χ1) is 10.0. The first-order valence-corrected chi connectivity index (χ1v) is 7.02. The molecule has 0 aromatic heterocycles. The third-order valence-corrected chi connectivity index (χ3v) is 3.59. The minimum Gasteiger partial charge on any atom is -0.481 e. The van der Waals surface area contributed by atoms with Gasteiger partial charge in [0.25, 0.3) is 5.91 Å². The van der Waals surface area contributed by atoms with Gasteiger partial charge in [0.15, 0.2) is 0 Å². The van der Waals surface area contributed by atoms with E-state index in [1.165, 1.54) is 11.1 Å². The molecule has 21 heavy (non-hydrogen) atoms. The lowest BCUT2D eigenvalue weighted by molar-refractivity contribution is -0.145. The number of hydrogen-bond acceptors (Lipinski definition) is 5. The Hall–Kier alpha value is -2.07. The maximum absolute atomic E-state index is 12.3. The quantitative estimate of drug-likeness (QED) is 0.529. The number of carboxylic acid groups (broad SMARTS) is 1. The fraction of sp³-hybridized carbons (Fsp3) is 0.643. The van der Waals surface area contributed by atoms with E-state index in [2.05, 4.69) is 0 Å². The van der Waals surface area contributed by atoms with E-state index in [0.717, 1.165) is 0 Å². The third kappa shape index (κ3) is 4.76. The van der Waals surface area contributed by atoms with Crippen LogP contribution in [0.2, 0.25) is 0 Å². The first-order valence-electron chi connectivity index (χ1n) is 7.02. The first kappa shape index (κ1) is 17.0. The fourth-order valence-corrected chi connectivity index (χ4v) is 2.26. The largest absolute Gasteiger partial charge is 0.481 e. The number of hydrogen-bond donors (Lipinski definition) is 2. The molecule has 1 aliphatic rings. The van der Waals surface area contributed by atoms with Crippen LogP contribution in [0.4, 0.5) is 0 Å². The maximum Gasteiger partial charge on any atom is 0.306 e. The van der Waals surface area contributed by atoms with Crippen LogP contribution in [-0.4, -0.2) is 64.7 Å². The van der Waals surface area contributed by atoms with Gasteiger partial charge in [-0.15, -0.1) is 0 Å². The number of likely N-dealkylation sites (N-methyl/N-ethyl adjacent to an activating group) is 1. The number of aliphatic hydroxyl groups excluding tert-OH is 1. The van der Waals surface area contributed by atoms with Crippen molar-refractivity contribution in [1.82, 2.24) is 9.80 Å². The normalized spacial score (nSPS) is 16.4. The molecule has 7 heteroatoms. The molecule has 0 radical (unpaired) electrons. The number of aliphatic hydroxyl groups is 1. The van der Waals surface area contributed by atoms with Crippen LogP contribution in [0.25, 0.3) is 0 Å². The Labute approximate surface area is 124 Å². The monoisotopic (exact) mass is 295 g/mol. The summed E-state index contributed by atoms with van der Waals surface area (Å²) in [6.07, 6.45) is 2.28. The summed E-state index contributed by atoms with van der Waals surface area (Å²) >= 11 is 0. The molecule has 0 bridgehead atoms. The average molecular weight is 295 g/mol. The molecule has 116 valence electrons. The zero-order valence-corrected chi connectivity index (χ0v) is 12.2. The molecule has 0 atom stereocenters. The molecule has 7 nitrogen and oxygen atoms in total. The maximum atomic E-state index is 12.3. The Bertz CT molecular complexity index is 448. The zero-order valence-electron chi connectivity index (χ0n) is 12.2. The van der Waals surface area contributed by atoms with Gasteiger partial charge in [0.05, 0.1) is 12.5 Å². The second kappa shape index (κ2) is 8.27. The van der Waals surface area contributed by atoms with Crippen molar-refractivity contribution in [2.75, 3.05) is 32.8 Å². The predicted molar refractivity (Wildman–Crippen MR) is 75.0 cm³/mol. The average Bonchev–Trinajstić information content (AvgIpc) is 2.50. The number of carbonyl (C=O) groups is 2. The highest BCUT2D eigenvalue weighted by Crippen LogP contribution is 2.18. The number of nitrogens with zero attached hydrogens (tertiary/aromatic N) is 3. The summed E-state index contributed by atoms with van der Waals surface area (Å²) in [5.41, 5.74) is 0.0130. The van der Waals surface area contributed by atoms with E-state index in [1.54, 1.807) is 4.90 Å². The molecule has 1 aliphatic heterocycles. The minimum atomic E-state index is -0.835.